The number of hydrogen-bond acceptors (Lipinski definition) is 6. The van der Waals surface area contributed by atoms with Crippen molar-refractivity contribution in [3.8, 4) is 0 Å². The molecule has 0 radical (unpaired) electrons. The van der Waals surface area contributed by atoms with Crippen molar-refractivity contribution in [2.75, 3.05) is 43.4 Å². The highest BCUT2D eigenvalue weighted by molar-refractivity contribution is 7.99. The van der Waals surface area contributed by atoms with Crippen LogP contribution >= 0.6 is 23.4 Å². The standard InChI is InChI=1S/C19H34ClN5OS/c1-6-24(7-2)12-10-11-15(5)21-18(26)14-27-19-22-16(20)13-17(23-19)25(8-3)9-4/h13,15H,6-12,14H2,1-5H3,(H,21,26). The minimum Gasteiger partial charge on any atom is -0.357 e. The molecule has 1 unspecified atom stereocenters. The number of carbonyl (C=O) groups is 1. The largest absolute Gasteiger partial charge is 0.357 e. The first kappa shape index (κ1) is 24.0. The number of halogens is 1. The summed E-state index contributed by atoms with van der Waals surface area (Å²) >= 11 is 7.44. The summed E-state index contributed by atoms with van der Waals surface area (Å²) in [7, 11) is 0. The van der Waals surface area contributed by atoms with Gasteiger partial charge in [-0.25, -0.2) is 9.97 Å². The fraction of sp³-hybridized carbons (Fsp3) is 0.737. The number of aromatic nitrogens is 2. The molecule has 1 aromatic rings. The SMILES string of the molecule is CCN(CC)CCCC(C)NC(=O)CSc1nc(Cl)cc(N(CC)CC)n1. The van der Waals surface area contributed by atoms with Crippen molar-refractivity contribution in [1.29, 1.82) is 0 Å². The maximum absolute atomic E-state index is 12.2. The van der Waals surface area contributed by atoms with E-state index < -0.39 is 0 Å². The lowest BCUT2D eigenvalue weighted by Gasteiger charge is -2.20. The number of hydrogen-bond donors (Lipinski definition) is 1. The van der Waals surface area contributed by atoms with Gasteiger partial charge in [0.2, 0.25) is 5.91 Å². The quantitative estimate of drug-likeness (QED) is 0.301. The zero-order valence-corrected chi connectivity index (χ0v) is 18.9. The summed E-state index contributed by atoms with van der Waals surface area (Å²) < 4.78 is 0. The lowest BCUT2D eigenvalue weighted by molar-refractivity contribution is -0.119. The van der Waals surface area contributed by atoms with Crippen molar-refractivity contribution in [3.63, 3.8) is 0 Å². The first-order valence-electron chi connectivity index (χ1n) is 9.87. The Balaban J connectivity index is 2.45. The Morgan fingerprint density at radius 1 is 1.19 bits per heavy atom. The molecule has 0 saturated carbocycles. The maximum atomic E-state index is 12.2. The van der Waals surface area contributed by atoms with Gasteiger partial charge in [-0.15, -0.1) is 0 Å². The topological polar surface area (TPSA) is 61.4 Å². The van der Waals surface area contributed by atoms with E-state index in [1.807, 2.05) is 0 Å². The number of carbonyl (C=O) groups excluding carboxylic acids is 1. The lowest BCUT2D eigenvalue weighted by atomic mass is 10.2. The zero-order chi connectivity index (χ0) is 20.2. The van der Waals surface area contributed by atoms with Crippen LogP contribution in [0, 0.1) is 0 Å². The molecule has 1 rings (SSSR count). The molecule has 154 valence electrons. The van der Waals surface area contributed by atoms with E-state index in [4.69, 9.17) is 11.6 Å². The van der Waals surface area contributed by atoms with Crippen LogP contribution in [0.4, 0.5) is 5.82 Å². The molecule has 0 bridgehead atoms. The lowest BCUT2D eigenvalue weighted by Crippen LogP contribution is -2.34. The maximum Gasteiger partial charge on any atom is 0.230 e. The van der Waals surface area contributed by atoms with E-state index in [2.05, 4.69) is 59.7 Å². The van der Waals surface area contributed by atoms with Crippen LogP contribution in [0.5, 0.6) is 0 Å². The summed E-state index contributed by atoms with van der Waals surface area (Å²) in [6, 6.07) is 1.93. The number of nitrogens with zero attached hydrogens (tertiary/aromatic N) is 4. The van der Waals surface area contributed by atoms with Gasteiger partial charge in [0.1, 0.15) is 11.0 Å². The molecular weight excluding hydrogens is 382 g/mol. The molecule has 0 aliphatic heterocycles. The summed E-state index contributed by atoms with van der Waals surface area (Å²) in [5, 5.41) is 4.00. The fourth-order valence-electron chi connectivity index (χ4n) is 2.84. The van der Waals surface area contributed by atoms with Crippen molar-refractivity contribution in [2.45, 2.75) is 58.7 Å². The van der Waals surface area contributed by atoms with Gasteiger partial charge in [0.15, 0.2) is 5.16 Å². The molecule has 6 nitrogen and oxygen atoms in total. The van der Waals surface area contributed by atoms with E-state index in [0.29, 0.717) is 16.1 Å². The highest BCUT2D eigenvalue weighted by Crippen LogP contribution is 2.21. The van der Waals surface area contributed by atoms with Gasteiger partial charge in [0.25, 0.3) is 0 Å². The van der Waals surface area contributed by atoms with E-state index in [0.717, 1.165) is 51.4 Å². The Labute approximate surface area is 173 Å². The second-order valence-corrected chi connectivity index (χ2v) is 7.76. The van der Waals surface area contributed by atoms with Crippen molar-refractivity contribution < 1.29 is 4.79 Å². The monoisotopic (exact) mass is 415 g/mol. The van der Waals surface area contributed by atoms with Crippen molar-refractivity contribution in [3.05, 3.63) is 11.2 Å². The number of rotatable bonds is 13. The molecule has 1 atom stereocenters. The minimum atomic E-state index is 0.00306. The van der Waals surface area contributed by atoms with E-state index in [1.54, 1.807) is 6.07 Å². The van der Waals surface area contributed by atoms with Crippen LogP contribution < -0.4 is 10.2 Å². The van der Waals surface area contributed by atoms with Crippen LogP contribution in [0.15, 0.2) is 11.2 Å². The van der Waals surface area contributed by atoms with E-state index in [1.165, 1.54) is 11.8 Å². The summed E-state index contributed by atoms with van der Waals surface area (Å²) in [6.45, 7) is 15.5. The average Bonchev–Trinajstić information content (AvgIpc) is 2.64. The second kappa shape index (κ2) is 13.2. The number of thioether (sulfide) groups is 1. The smallest absolute Gasteiger partial charge is 0.230 e. The summed E-state index contributed by atoms with van der Waals surface area (Å²) in [4.78, 5) is 25.5. The van der Waals surface area contributed by atoms with Crippen molar-refractivity contribution >= 4 is 35.1 Å². The van der Waals surface area contributed by atoms with Gasteiger partial charge in [-0.1, -0.05) is 37.2 Å². The highest BCUT2D eigenvalue weighted by atomic mass is 35.5. The predicted octanol–water partition coefficient (Wildman–Crippen LogP) is 3.70. The first-order chi connectivity index (χ1) is 12.9. The molecule has 1 heterocycles. The first-order valence-corrected chi connectivity index (χ1v) is 11.2. The average molecular weight is 416 g/mol. The van der Waals surface area contributed by atoms with Crippen LogP contribution in [-0.2, 0) is 4.79 Å². The third-order valence-corrected chi connectivity index (χ3v) is 5.53. The molecular formula is C19H34ClN5OS. The van der Waals surface area contributed by atoms with E-state index in [9.17, 15) is 4.79 Å². The van der Waals surface area contributed by atoms with Crippen molar-refractivity contribution in [2.24, 2.45) is 0 Å². The van der Waals surface area contributed by atoms with Crippen molar-refractivity contribution in [1.82, 2.24) is 20.2 Å². The fourth-order valence-corrected chi connectivity index (χ4v) is 3.73. The normalized spacial score (nSPS) is 12.3. The van der Waals surface area contributed by atoms with Crippen LogP contribution in [0.25, 0.3) is 0 Å². The van der Waals surface area contributed by atoms with Crippen LogP contribution in [0.1, 0.15) is 47.5 Å². The Morgan fingerprint density at radius 3 is 2.44 bits per heavy atom. The summed E-state index contributed by atoms with van der Waals surface area (Å²) in [6.07, 6.45) is 2.06. The highest BCUT2D eigenvalue weighted by Gasteiger charge is 2.12. The summed E-state index contributed by atoms with van der Waals surface area (Å²) in [5.74, 6) is 1.09. The molecule has 0 saturated heterocycles. The predicted molar refractivity (Wildman–Crippen MR) is 116 cm³/mol. The Bertz CT molecular complexity index is 567. The van der Waals surface area contributed by atoms with E-state index in [-0.39, 0.29) is 11.9 Å². The number of amides is 1. The van der Waals surface area contributed by atoms with Gasteiger partial charge in [-0.2, -0.15) is 0 Å². The van der Waals surface area contributed by atoms with Crippen LogP contribution in [0.3, 0.4) is 0 Å². The molecule has 0 aliphatic rings. The number of nitrogens with one attached hydrogen (secondary N) is 1. The van der Waals surface area contributed by atoms with Crippen LogP contribution in [-0.4, -0.2) is 65.3 Å². The molecule has 0 fully saturated rings. The van der Waals surface area contributed by atoms with Gasteiger partial charge in [0, 0.05) is 25.2 Å². The van der Waals surface area contributed by atoms with Gasteiger partial charge in [-0.3, -0.25) is 4.79 Å². The van der Waals surface area contributed by atoms with E-state index >= 15 is 0 Å². The molecule has 1 amide bonds. The van der Waals surface area contributed by atoms with Gasteiger partial charge in [0.05, 0.1) is 5.75 Å². The Kier molecular flexibility index (Phi) is 11.7. The second-order valence-electron chi connectivity index (χ2n) is 6.43. The van der Waals surface area contributed by atoms with Gasteiger partial charge >= 0.3 is 0 Å². The Hall–Kier alpha value is -1.05. The molecule has 27 heavy (non-hydrogen) atoms. The van der Waals surface area contributed by atoms with Gasteiger partial charge in [-0.05, 0) is 53.2 Å². The summed E-state index contributed by atoms with van der Waals surface area (Å²) in [5.41, 5.74) is 0. The third kappa shape index (κ3) is 9.12. The molecule has 1 aromatic heterocycles. The number of anilines is 1. The minimum absolute atomic E-state index is 0.00306. The Morgan fingerprint density at radius 2 is 1.85 bits per heavy atom. The molecule has 0 aromatic carbocycles. The molecule has 0 spiro atoms. The van der Waals surface area contributed by atoms with Gasteiger partial charge < -0.3 is 15.1 Å². The van der Waals surface area contributed by atoms with Crippen LogP contribution in [0.2, 0.25) is 5.15 Å². The zero-order valence-electron chi connectivity index (χ0n) is 17.3. The third-order valence-electron chi connectivity index (χ3n) is 4.49. The molecule has 1 N–H and O–H groups in total. The molecule has 8 heteroatoms. The molecule has 0 aliphatic carbocycles.